The van der Waals surface area contributed by atoms with Gasteiger partial charge in [-0.3, -0.25) is 0 Å². The maximum Gasteiger partial charge on any atom is 0.338 e. The fraction of sp³-hybridized carbons (Fsp3) is 0.350. The van der Waals surface area contributed by atoms with Crippen LogP contribution < -0.4 is 10.5 Å². The predicted molar refractivity (Wildman–Crippen MR) is 96.3 cm³/mol. The Morgan fingerprint density at radius 2 is 1.71 bits per heavy atom. The van der Waals surface area contributed by atoms with E-state index in [-0.39, 0.29) is 12.1 Å². The monoisotopic (exact) mass is 327 g/mol. The van der Waals surface area contributed by atoms with Gasteiger partial charge in [-0.15, -0.1) is 0 Å². The summed E-state index contributed by atoms with van der Waals surface area (Å²) in [4.78, 5) is 12.0. The summed E-state index contributed by atoms with van der Waals surface area (Å²) in [7, 11) is 0. The number of carbonyl (C=O) groups is 1. The van der Waals surface area contributed by atoms with E-state index < -0.39 is 0 Å². The molecule has 0 saturated carbocycles. The van der Waals surface area contributed by atoms with Gasteiger partial charge in [0.25, 0.3) is 0 Å². The molecule has 0 aliphatic carbocycles. The van der Waals surface area contributed by atoms with Gasteiger partial charge in [-0.1, -0.05) is 38.1 Å². The van der Waals surface area contributed by atoms with Crippen molar-refractivity contribution in [2.24, 2.45) is 0 Å². The van der Waals surface area contributed by atoms with Crippen LogP contribution in [0.15, 0.2) is 42.5 Å². The molecule has 0 aromatic heterocycles. The molecule has 2 rings (SSSR count). The number of carbonyl (C=O) groups excluding carboxylic acids is 1. The molecule has 0 heterocycles. The van der Waals surface area contributed by atoms with Gasteiger partial charge in [-0.05, 0) is 49.1 Å². The van der Waals surface area contributed by atoms with Crippen molar-refractivity contribution in [2.45, 2.75) is 46.3 Å². The first-order valence-electron chi connectivity index (χ1n) is 8.19. The highest BCUT2D eigenvalue weighted by atomic mass is 16.5. The number of nitrogen functional groups attached to an aromatic ring is 1. The van der Waals surface area contributed by atoms with Crippen LogP contribution in [0.5, 0.6) is 5.75 Å². The van der Waals surface area contributed by atoms with Gasteiger partial charge in [0.2, 0.25) is 0 Å². The number of esters is 1. The van der Waals surface area contributed by atoms with Crippen LogP contribution in [0, 0.1) is 0 Å². The number of ether oxygens (including phenoxy) is 2. The SMILES string of the molecule is CC(C)OC(=O)c1ccc(N)c(OCc2ccc(C(C)C)cc2)c1. The minimum absolute atomic E-state index is 0.168. The highest BCUT2D eigenvalue weighted by Crippen LogP contribution is 2.25. The summed E-state index contributed by atoms with van der Waals surface area (Å²) in [5, 5.41) is 0. The summed E-state index contributed by atoms with van der Waals surface area (Å²) < 4.78 is 11.0. The van der Waals surface area contributed by atoms with Crippen LogP contribution in [-0.4, -0.2) is 12.1 Å². The van der Waals surface area contributed by atoms with E-state index >= 15 is 0 Å². The quantitative estimate of drug-likeness (QED) is 0.625. The molecule has 0 amide bonds. The molecule has 4 nitrogen and oxygen atoms in total. The van der Waals surface area contributed by atoms with Crippen molar-refractivity contribution < 1.29 is 14.3 Å². The third-order valence-corrected chi connectivity index (χ3v) is 3.63. The fourth-order valence-corrected chi connectivity index (χ4v) is 2.23. The first kappa shape index (κ1) is 17.9. The number of nitrogens with two attached hydrogens (primary N) is 1. The number of rotatable bonds is 6. The van der Waals surface area contributed by atoms with Crippen molar-refractivity contribution in [2.75, 3.05) is 5.73 Å². The fourth-order valence-electron chi connectivity index (χ4n) is 2.23. The molecule has 0 aliphatic heterocycles. The van der Waals surface area contributed by atoms with Gasteiger partial charge in [0, 0.05) is 0 Å². The summed E-state index contributed by atoms with van der Waals surface area (Å²) in [6.07, 6.45) is -0.168. The van der Waals surface area contributed by atoms with Gasteiger partial charge in [0.15, 0.2) is 0 Å². The Kier molecular flexibility index (Phi) is 5.85. The van der Waals surface area contributed by atoms with Gasteiger partial charge in [-0.25, -0.2) is 4.79 Å². The van der Waals surface area contributed by atoms with Crippen molar-refractivity contribution in [3.8, 4) is 5.75 Å². The van der Waals surface area contributed by atoms with Crippen molar-refractivity contribution in [1.29, 1.82) is 0 Å². The molecule has 0 atom stereocenters. The van der Waals surface area contributed by atoms with Gasteiger partial charge in [0.05, 0.1) is 17.4 Å². The molecule has 0 radical (unpaired) electrons. The third-order valence-electron chi connectivity index (χ3n) is 3.63. The van der Waals surface area contributed by atoms with E-state index in [4.69, 9.17) is 15.2 Å². The molecular weight excluding hydrogens is 302 g/mol. The summed E-state index contributed by atoms with van der Waals surface area (Å²) in [6, 6.07) is 13.2. The number of benzene rings is 2. The smallest absolute Gasteiger partial charge is 0.338 e. The van der Waals surface area contributed by atoms with Crippen LogP contribution in [0.1, 0.15) is 55.1 Å². The van der Waals surface area contributed by atoms with Gasteiger partial charge < -0.3 is 15.2 Å². The molecule has 2 aromatic carbocycles. The summed E-state index contributed by atoms with van der Waals surface area (Å²) in [5.41, 5.74) is 9.21. The van der Waals surface area contributed by atoms with Crippen LogP contribution in [0.3, 0.4) is 0 Å². The van der Waals surface area contributed by atoms with Gasteiger partial charge >= 0.3 is 5.97 Å². The average molecular weight is 327 g/mol. The van der Waals surface area contributed by atoms with Crippen molar-refractivity contribution in [1.82, 2.24) is 0 Å². The largest absolute Gasteiger partial charge is 0.487 e. The Labute approximate surface area is 143 Å². The van der Waals surface area contributed by atoms with E-state index in [2.05, 4.69) is 26.0 Å². The maximum atomic E-state index is 12.0. The zero-order valence-corrected chi connectivity index (χ0v) is 14.7. The minimum Gasteiger partial charge on any atom is -0.487 e. The first-order valence-corrected chi connectivity index (χ1v) is 8.19. The number of hydrogen-bond acceptors (Lipinski definition) is 4. The van der Waals surface area contributed by atoms with E-state index in [1.165, 1.54) is 5.56 Å². The zero-order chi connectivity index (χ0) is 17.7. The predicted octanol–water partition coefficient (Wildman–Crippen LogP) is 4.54. The van der Waals surface area contributed by atoms with Crippen LogP contribution in [0.25, 0.3) is 0 Å². The zero-order valence-electron chi connectivity index (χ0n) is 14.7. The Balaban J connectivity index is 2.07. The second kappa shape index (κ2) is 7.86. The summed E-state index contributed by atoms with van der Waals surface area (Å²) in [5.74, 6) is 0.608. The van der Waals surface area contributed by atoms with E-state index in [0.29, 0.717) is 29.5 Å². The molecule has 24 heavy (non-hydrogen) atoms. The second-order valence-electron chi connectivity index (χ2n) is 6.39. The lowest BCUT2D eigenvalue weighted by atomic mass is 10.0. The molecule has 0 saturated heterocycles. The Morgan fingerprint density at radius 3 is 2.29 bits per heavy atom. The van der Waals surface area contributed by atoms with Gasteiger partial charge in [-0.2, -0.15) is 0 Å². The molecule has 0 fully saturated rings. The topological polar surface area (TPSA) is 61.5 Å². The average Bonchev–Trinajstić information content (AvgIpc) is 2.53. The highest BCUT2D eigenvalue weighted by molar-refractivity contribution is 5.90. The maximum absolute atomic E-state index is 12.0. The lowest BCUT2D eigenvalue weighted by Crippen LogP contribution is -2.12. The molecular formula is C20H25NO3. The Morgan fingerprint density at radius 1 is 1.04 bits per heavy atom. The molecule has 2 N–H and O–H groups in total. The molecule has 0 unspecified atom stereocenters. The van der Waals surface area contributed by atoms with Crippen molar-refractivity contribution in [3.63, 3.8) is 0 Å². The Hall–Kier alpha value is -2.49. The van der Waals surface area contributed by atoms with E-state index in [1.54, 1.807) is 18.2 Å². The normalized spacial score (nSPS) is 10.9. The van der Waals surface area contributed by atoms with Gasteiger partial charge in [0.1, 0.15) is 12.4 Å². The molecule has 128 valence electrons. The van der Waals surface area contributed by atoms with E-state index in [0.717, 1.165) is 5.56 Å². The minimum atomic E-state index is -0.379. The van der Waals surface area contributed by atoms with Crippen LogP contribution >= 0.6 is 0 Å². The van der Waals surface area contributed by atoms with Crippen LogP contribution in [-0.2, 0) is 11.3 Å². The number of hydrogen-bond donors (Lipinski definition) is 1. The molecule has 4 heteroatoms. The molecule has 0 bridgehead atoms. The van der Waals surface area contributed by atoms with Crippen molar-refractivity contribution in [3.05, 3.63) is 59.2 Å². The molecule has 0 spiro atoms. The highest BCUT2D eigenvalue weighted by Gasteiger charge is 2.12. The molecule has 2 aromatic rings. The van der Waals surface area contributed by atoms with Crippen molar-refractivity contribution >= 4 is 11.7 Å². The lowest BCUT2D eigenvalue weighted by molar-refractivity contribution is 0.0377. The standard InChI is InChI=1S/C20H25NO3/c1-13(2)16-7-5-15(6-8-16)12-23-19-11-17(9-10-18(19)21)20(22)24-14(3)4/h5-11,13-14H,12,21H2,1-4H3. The third kappa shape index (κ3) is 4.75. The summed E-state index contributed by atoms with van der Waals surface area (Å²) in [6.45, 7) is 8.34. The first-order chi connectivity index (χ1) is 11.4. The molecule has 0 aliphatic rings. The summed E-state index contributed by atoms with van der Waals surface area (Å²) >= 11 is 0. The van der Waals surface area contributed by atoms with E-state index in [9.17, 15) is 4.79 Å². The van der Waals surface area contributed by atoms with E-state index in [1.807, 2.05) is 26.0 Å². The van der Waals surface area contributed by atoms with Crippen LogP contribution in [0.4, 0.5) is 5.69 Å². The number of anilines is 1. The Bertz CT molecular complexity index is 691. The van der Waals surface area contributed by atoms with Crippen LogP contribution in [0.2, 0.25) is 0 Å². The lowest BCUT2D eigenvalue weighted by Gasteiger charge is -2.12. The second-order valence-corrected chi connectivity index (χ2v) is 6.39.